The minimum Gasteiger partial charge on any atom is -0.508 e. The van der Waals surface area contributed by atoms with E-state index in [9.17, 15) is 24.3 Å². The van der Waals surface area contributed by atoms with E-state index in [-0.39, 0.29) is 30.0 Å². The molecule has 0 amide bonds. The van der Waals surface area contributed by atoms with E-state index in [1.165, 1.54) is 25.1 Å². The van der Waals surface area contributed by atoms with Crippen LogP contribution in [-0.4, -0.2) is 48.4 Å². The van der Waals surface area contributed by atoms with Gasteiger partial charge in [0.15, 0.2) is 17.1 Å². The number of phenols is 1. The Kier molecular flexibility index (Phi) is 6.64. The van der Waals surface area contributed by atoms with Crippen molar-refractivity contribution in [2.45, 2.75) is 52.7 Å². The number of Topliss-reactive ketones (excluding diaryl/α,β-unsaturated/α-hetero) is 2. The van der Waals surface area contributed by atoms with E-state index in [2.05, 4.69) is 15.5 Å². The van der Waals surface area contributed by atoms with E-state index < -0.39 is 40.5 Å². The molecule has 37 heavy (non-hydrogen) atoms. The van der Waals surface area contributed by atoms with Gasteiger partial charge in [-0.3, -0.25) is 19.2 Å². The lowest BCUT2D eigenvalue weighted by Crippen LogP contribution is -2.45. The zero-order valence-corrected chi connectivity index (χ0v) is 20.8. The molecule has 0 radical (unpaired) electrons. The van der Waals surface area contributed by atoms with Crippen molar-refractivity contribution in [1.29, 1.82) is 0 Å². The van der Waals surface area contributed by atoms with E-state index in [0.29, 0.717) is 16.3 Å². The molecule has 11 nitrogen and oxygen atoms in total. The topological polar surface area (TPSA) is 154 Å². The number of benzene rings is 2. The highest BCUT2D eigenvalue weighted by atomic mass is 16.6. The molecule has 11 heteroatoms. The van der Waals surface area contributed by atoms with E-state index in [4.69, 9.17) is 9.26 Å². The molecule has 2 aromatic carbocycles. The van der Waals surface area contributed by atoms with Gasteiger partial charge in [-0.2, -0.15) is 0 Å². The number of rotatable bonds is 8. The fraction of sp³-hybridized carbons (Fsp3) is 0.346. The molecule has 1 unspecified atom stereocenters. The molecule has 1 atom stereocenters. The van der Waals surface area contributed by atoms with Crippen molar-refractivity contribution in [2.75, 3.05) is 0 Å². The zero-order chi connectivity index (χ0) is 27.0. The Morgan fingerprint density at radius 1 is 1.08 bits per heavy atom. The quantitative estimate of drug-likeness (QED) is 0.214. The van der Waals surface area contributed by atoms with Crippen LogP contribution in [0.2, 0.25) is 0 Å². The van der Waals surface area contributed by atoms with Gasteiger partial charge in [-0.05, 0) is 58.4 Å². The number of phenolic OH excluding ortho intramolecular Hbond substituents is 1. The first-order chi connectivity index (χ1) is 17.4. The van der Waals surface area contributed by atoms with Crippen LogP contribution in [0.15, 0.2) is 51.8 Å². The highest BCUT2D eigenvalue weighted by Gasteiger charge is 2.48. The molecular weight excluding hydrogens is 480 g/mol. The van der Waals surface area contributed by atoms with Gasteiger partial charge in [-0.25, -0.2) is 4.68 Å². The SMILES string of the molecule is CC(=O)C(CCn1nnc2ccccc2c1=O)(CC(=O)c1noc2cc(O)ccc12)C(=O)OC(C)(C)C. The lowest BCUT2D eigenvalue weighted by molar-refractivity contribution is -0.170. The number of hydrogen-bond donors (Lipinski definition) is 1. The number of nitrogens with zero attached hydrogens (tertiary/aromatic N) is 4. The van der Waals surface area contributed by atoms with Crippen molar-refractivity contribution >= 4 is 39.4 Å². The normalized spacial score (nSPS) is 13.4. The van der Waals surface area contributed by atoms with Gasteiger partial charge in [0.2, 0.25) is 0 Å². The number of aromatic nitrogens is 4. The lowest BCUT2D eigenvalue weighted by Gasteiger charge is -2.32. The van der Waals surface area contributed by atoms with Crippen LogP contribution in [0.25, 0.3) is 21.9 Å². The van der Waals surface area contributed by atoms with Crippen molar-refractivity contribution in [2.24, 2.45) is 5.41 Å². The third-order valence-electron chi connectivity index (χ3n) is 6.03. The van der Waals surface area contributed by atoms with Crippen LogP contribution >= 0.6 is 0 Å². The molecule has 192 valence electrons. The van der Waals surface area contributed by atoms with Crippen molar-refractivity contribution in [1.82, 2.24) is 20.2 Å². The second kappa shape index (κ2) is 9.57. The predicted molar refractivity (Wildman–Crippen MR) is 132 cm³/mol. The average Bonchev–Trinajstić information content (AvgIpc) is 3.24. The third kappa shape index (κ3) is 5.11. The molecule has 0 saturated carbocycles. The Bertz CT molecular complexity index is 1580. The summed E-state index contributed by atoms with van der Waals surface area (Å²) in [6.45, 7) is 5.97. The number of aryl methyl sites for hydroxylation is 1. The van der Waals surface area contributed by atoms with Gasteiger partial charge in [-0.15, -0.1) is 5.10 Å². The number of carbonyl (C=O) groups is 3. The summed E-state index contributed by atoms with van der Waals surface area (Å²) in [4.78, 5) is 52.9. The number of carbonyl (C=O) groups excluding carboxylic acids is 3. The first-order valence-corrected chi connectivity index (χ1v) is 11.6. The number of fused-ring (bicyclic) bond motifs is 2. The molecule has 4 rings (SSSR count). The van der Waals surface area contributed by atoms with Crippen LogP contribution in [0.1, 0.15) is 51.0 Å². The number of aromatic hydroxyl groups is 1. The number of ketones is 2. The summed E-state index contributed by atoms with van der Waals surface area (Å²) in [6.07, 6.45) is -0.817. The minimum absolute atomic E-state index is 0.0728. The highest BCUT2D eigenvalue weighted by Crippen LogP contribution is 2.35. The molecule has 4 aromatic rings. The van der Waals surface area contributed by atoms with Gasteiger partial charge in [0.25, 0.3) is 5.56 Å². The molecule has 1 N–H and O–H groups in total. The van der Waals surface area contributed by atoms with Gasteiger partial charge < -0.3 is 14.4 Å². The fourth-order valence-electron chi connectivity index (χ4n) is 4.03. The van der Waals surface area contributed by atoms with E-state index in [1.54, 1.807) is 45.0 Å². The van der Waals surface area contributed by atoms with Crippen LogP contribution in [0.3, 0.4) is 0 Å². The van der Waals surface area contributed by atoms with E-state index in [1.807, 2.05) is 0 Å². The standard InChI is InChI=1S/C26H26N4O7/c1-15(31)26(24(35)36-25(2,3)4,11-12-30-23(34)17-7-5-6-8-19(17)27-29-30)14-20(33)22-18-10-9-16(32)13-21(18)37-28-22/h5-10,13,32H,11-12,14H2,1-4H3. The van der Waals surface area contributed by atoms with Crippen LogP contribution < -0.4 is 5.56 Å². The van der Waals surface area contributed by atoms with Gasteiger partial charge in [-0.1, -0.05) is 22.5 Å². The Hall–Kier alpha value is -4.41. The molecule has 0 bridgehead atoms. The van der Waals surface area contributed by atoms with Gasteiger partial charge >= 0.3 is 5.97 Å². The summed E-state index contributed by atoms with van der Waals surface area (Å²) in [5, 5.41) is 22.1. The molecule has 2 aromatic heterocycles. The van der Waals surface area contributed by atoms with Crippen LogP contribution in [0.5, 0.6) is 5.75 Å². The molecule has 0 aliphatic carbocycles. The monoisotopic (exact) mass is 506 g/mol. The van der Waals surface area contributed by atoms with Gasteiger partial charge in [0, 0.05) is 19.0 Å². The summed E-state index contributed by atoms with van der Waals surface area (Å²) in [7, 11) is 0. The molecule has 0 aliphatic heterocycles. The van der Waals surface area contributed by atoms with Crippen molar-refractivity contribution < 1.29 is 28.8 Å². The molecule has 2 heterocycles. The predicted octanol–water partition coefficient (Wildman–Crippen LogP) is 3.22. The smallest absolute Gasteiger partial charge is 0.320 e. The Morgan fingerprint density at radius 3 is 2.51 bits per heavy atom. The third-order valence-corrected chi connectivity index (χ3v) is 6.03. The number of hydrogen-bond acceptors (Lipinski definition) is 10. The Balaban J connectivity index is 1.73. The summed E-state index contributed by atoms with van der Waals surface area (Å²) < 4.78 is 11.8. The second-order valence-corrected chi connectivity index (χ2v) is 9.84. The largest absolute Gasteiger partial charge is 0.508 e. The molecule has 0 saturated heterocycles. The molecule has 0 aliphatic rings. The number of esters is 1. The molecular formula is C26H26N4O7. The second-order valence-electron chi connectivity index (χ2n) is 9.84. The highest BCUT2D eigenvalue weighted by molar-refractivity contribution is 6.12. The van der Waals surface area contributed by atoms with E-state index >= 15 is 0 Å². The maximum atomic E-state index is 13.5. The molecule has 0 spiro atoms. The molecule has 0 fully saturated rings. The first-order valence-electron chi connectivity index (χ1n) is 11.6. The summed E-state index contributed by atoms with van der Waals surface area (Å²) in [5.41, 5.74) is -2.83. The van der Waals surface area contributed by atoms with Crippen LogP contribution in [0.4, 0.5) is 0 Å². The van der Waals surface area contributed by atoms with Crippen molar-refractivity contribution in [3.63, 3.8) is 0 Å². The zero-order valence-electron chi connectivity index (χ0n) is 20.8. The summed E-state index contributed by atoms with van der Waals surface area (Å²) >= 11 is 0. The summed E-state index contributed by atoms with van der Waals surface area (Å²) in [6, 6.07) is 10.8. The van der Waals surface area contributed by atoms with Crippen LogP contribution in [-0.2, 0) is 20.9 Å². The van der Waals surface area contributed by atoms with Crippen molar-refractivity contribution in [3.05, 3.63) is 58.5 Å². The Morgan fingerprint density at radius 2 is 1.81 bits per heavy atom. The number of ether oxygens (including phenoxy) is 1. The van der Waals surface area contributed by atoms with E-state index in [0.717, 1.165) is 4.68 Å². The lowest BCUT2D eigenvalue weighted by atomic mass is 9.75. The maximum Gasteiger partial charge on any atom is 0.320 e. The average molecular weight is 507 g/mol. The fourth-order valence-corrected chi connectivity index (χ4v) is 4.03. The van der Waals surface area contributed by atoms with Gasteiger partial charge in [0.1, 0.15) is 28.1 Å². The minimum atomic E-state index is -1.93. The van der Waals surface area contributed by atoms with Gasteiger partial charge in [0.05, 0.1) is 10.8 Å². The van der Waals surface area contributed by atoms with Crippen LogP contribution in [0, 0.1) is 5.41 Å². The maximum absolute atomic E-state index is 13.5. The first kappa shape index (κ1) is 25.7. The van der Waals surface area contributed by atoms with Crippen molar-refractivity contribution in [3.8, 4) is 5.75 Å². The Labute approximate surface area is 211 Å². The summed E-state index contributed by atoms with van der Waals surface area (Å²) in [5.74, 6) is -2.21.